The lowest BCUT2D eigenvalue weighted by atomic mass is 9.42. The molecule has 2 aliphatic heterocycles. The van der Waals surface area contributed by atoms with Crippen molar-refractivity contribution in [1.29, 1.82) is 0 Å². The molecule has 0 fully saturated rings. The minimum atomic E-state index is -0.180. The number of anilines is 5. The molecule has 0 atom stereocenters. The molecule has 0 saturated carbocycles. The largest absolute Gasteiger partial charge is 0.454 e. The highest BCUT2D eigenvalue weighted by Gasteiger charge is 2.49. The Hall–Kier alpha value is -7.30. The first kappa shape index (κ1) is 40.9. The van der Waals surface area contributed by atoms with Crippen LogP contribution in [0.4, 0.5) is 28.4 Å². The third-order valence-corrected chi connectivity index (χ3v) is 15.9. The predicted octanol–water partition coefficient (Wildman–Crippen LogP) is 16.4. The first-order valence-electron chi connectivity index (χ1n) is 24.5. The number of rotatable bonds is 4. The summed E-state index contributed by atoms with van der Waals surface area (Å²) in [5.41, 5.74) is 21.7. The van der Waals surface area contributed by atoms with Gasteiger partial charge in [-0.3, -0.25) is 0 Å². The highest BCUT2D eigenvalue weighted by atomic mass is 16.3. The molecule has 3 nitrogen and oxygen atoms in total. The molecule has 1 aromatic heterocycles. The number of para-hydroxylation sites is 1. The number of furan rings is 1. The molecular weight excluding hydrogens is 824 g/mol. The SMILES string of the molecule is CC(C)(C)c1ccc(N2c3cc4c(cc3B3c5c(cc6c(oc7ccccc76)c52)-c2c(ccc5ccccc25)N3c2ccc(-c3ccccc3)cc2)C(C)(C)CCC4(C)C)c(-c2ccccc2)c1. The number of hydrogen-bond donors (Lipinski definition) is 0. The standard InChI is InChI=1S/C64H55BN2O/c1-62(2,3)44-29-33-54(48(36-44)42-20-12-9-13-21-42)66-56-39-52-51(63(4,5)34-35-64(52,6)7)38-53(56)65-59-50(37-49-47-24-16-17-25-57(47)68-61(49)60(59)66)58-46-23-15-14-22-43(46)28-32-55(58)67(65)45-30-26-41(27-31-45)40-18-10-8-11-19-40/h8-33,36-39H,34-35H2,1-7H3. The van der Waals surface area contributed by atoms with Crippen LogP contribution in [-0.2, 0) is 16.2 Å². The van der Waals surface area contributed by atoms with E-state index < -0.39 is 0 Å². The van der Waals surface area contributed by atoms with Crippen LogP contribution in [0.15, 0.2) is 186 Å². The summed E-state index contributed by atoms with van der Waals surface area (Å²) in [7, 11) is 0. The molecule has 0 amide bonds. The van der Waals surface area contributed by atoms with Gasteiger partial charge in [-0.2, -0.15) is 0 Å². The van der Waals surface area contributed by atoms with E-state index in [9.17, 15) is 0 Å². The predicted molar refractivity (Wildman–Crippen MR) is 290 cm³/mol. The Morgan fingerprint density at radius 1 is 0.515 bits per heavy atom. The summed E-state index contributed by atoms with van der Waals surface area (Å²) in [6.45, 7) is 16.6. The fraction of sp³-hybridized carbons (Fsp3) is 0.188. The fourth-order valence-corrected chi connectivity index (χ4v) is 12.1. The van der Waals surface area contributed by atoms with Crippen LogP contribution in [0.25, 0.3) is 66.1 Å². The second kappa shape index (κ2) is 14.6. The zero-order valence-corrected chi connectivity index (χ0v) is 40.1. The van der Waals surface area contributed by atoms with E-state index in [1.807, 2.05) is 0 Å². The smallest absolute Gasteiger partial charge is 0.333 e. The molecule has 13 rings (SSSR count). The maximum atomic E-state index is 7.32. The first-order chi connectivity index (χ1) is 32.9. The van der Waals surface area contributed by atoms with Crippen LogP contribution >= 0.6 is 0 Å². The van der Waals surface area contributed by atoms with Crippen molar-refractivity contribution in [3.63, 3.8) is 0 Å². The van der Waals surface area contributed by atoms with Crippen molar-refractivity contribution in [3.8, 4) is 33.4 Å². The van der Waals surface area contributed by atoms with Crippen LogP contribution in [0.2, 0.25) is 0 Å². The number of nitrogens with zero attached hydrogens (tertiary/aromatic N) is 2. The monoisotopic (exact) mass is 878 g/mol. The van der Waals surface area contributed by atoms with Gasteiger partial charge < -0.3 is 14.1 Å². The van der Waals surface area contributed by atoms with Crippen LogP contribution in [0.1, 0.15) is 78.0 Å². The second-order valence-electron chi connectivity index (χ2n) is 21.9. The summed E-state index contributed by atoms with van der Waals surface area (Å²) < 4.78 is 7.32. The average molecular weight is 879 g/mol. The molecular formula is C64H55BN2O. The van der Waals surface area contributed by atoms with E-state index in [4.69, 9.17) is 4.42 Å². The molecule has 1 aliphatic carbocycles. The minimum absolute atomic E-state index is 0.00892. The molecule has 68 heavy (non-hydrogen) atoms. The fourth-order valence-electron chi connectivity index (χ4n) is 12.1. The van der Waals surface area contributed by atoms with Gasteiger partial charge in [0.25, 0.3) is 0 Å². The Kier molecular flexibility index (Phi) is 8.79. The zero-order chi connectivity index (χ0) is 46.3. The molecule has 3 aliphatic rings. The number of fused-ring (bicyclic) bond motifs is 11. The van der Waals surface area contributed by atoms with E-state index in [2.05, 4.69) is 240 Å². The van der Waals surface area contributed by atoms with Crippen molar-refractivity contribution in [2.75, 3.05) is 9.71 Å². The Balaban J connectivity index is 1.22. The summed E-state index contributed by atoms with van der Waals surface area (Å²) in [6, 6.07) is 68.3. The van der Waals surface area contributed by atoms with Gasteiger partial charge in [0.1, 0.15) is 5.58 Å². The van der Waals surface area contributed by atoms with Gasteiger partial charge in [-0.15, -0.1) is 0 Å². The van der Waals surface area contributed by atoms with Crippen LogP contribution in [0, 0.1) is 0 Å². The normalized spacial score (nSPS) is 15.6. The lowest BCUT2D eigenvalue weighted by molar-refractivity contribution is 0.332. The van der Waals surface area contributed by atoms with Gasteiger partial charge in [0.05, 0.1) is 11.4 Å². The molecule has 0 saturated heterocycles. The Morgan fingerprint density at radius 3 is 1.85 bits per heavy atom. The topological polar surface area (TPSA) is 19.6 Å². The Labute approximate surface area is 400 Å². The number of hydrogen-bond acceptors (Lipinski definition) is 3. The van der Waals surface area contributed by atoms with Crippen molar-refractivity contribution in [2.45, 2.75) is 77.6 Å². The van der Waals surface area contributed by atoms with Gasteiger partial charge >= 0.3 is 6.85 Å². The average Bonchev–Trinajstić information content (AvgIpc) is 3.73. The molecule has 4 heteroatoms. The Morgan fingerprint density at radius 2 is 1.13 bits per heavy atom. The van der Waals surface area contributed by atoms with Gasteiger partial charge in [-0.1, -0.05) is 182 Å². The number of benzene rings is 9. The van der Waals surface area contributed by atoms with E-state index in [0.29, 0.717) is 0 Å². The summed E-state index contributed by atoms with van der Waals surface area (Å²) in [5, 5.41) is 4.73. The maximum Gasteiger partial charge on any atom is 0.333 e. The van der Waals surface area contributed by atoms with E-state index in [-0.39, 0.29) is 23.1 Å². The van der Waals surface area contributed by atoms with Gasteiger partial charge in [0, 0.05) is 39.0 Å². The van der Waals surface area contributed by atoms with Crippen molar-refractivity contribution in [1.82, 2.24) is 0 Å². The van der Waals surface area contributed by atoms with Crippen molar-refractivity contribution < 1.29 is 4.42 Å². The van der Waals surface area contributed by atoms with Gasteiger partial charge in [0.2, 0.25) is 0 Å². The highest BCUT2D eigenvalue weighted by Crippen LogP contribution is 2.55. The van der Waals surface area contributed by atoms with Crippen LogP contribution in [-0.4, -0.2) is 6.85 Å². The molecule has 0 N–H and O–H groups in total. The molecule has 330 valence electrons. The second-order valence-corrected chi connectivity index (χ2v) is 21.9. The third-order valence-electron chi connectivity index (χ3n) is 15.9. The summed E-state index contributed by atoms with van der Waals surface area (Å²) in [6.07, 6.45) is 2.26. The molecule has 10 aromatic rings. The maximum absolute atomic E-state index is 7.32. The first-order valence-corrected chi connectivity index (χ1v) is 24.5. The van der Waals surface area contributed by atoms with E-state index >= 15 is 0 Å². The van der Waals surface area contributed by atoms with E-state index in [1.54, 1.807) is 0 Å². The lowest BCUT2D eigenvalue weighted by Crippen LogP contribution is -2.62. The van der Waals surface area contributed by atoms with Crippen molar-refractivity contribution >= 4 is 78.9 Å². The highest BCUT2D eigenvalue weighted by molar-refractivity contribution is 6.94. The van der Waals surface area contributed by atoms with Gasteiger partial charge in [0.15, 0.2) is 5.58 Å². The van der Waals surface area contributed by atoms with E-state index in [0.717, 1.165) is 51.8 Å². The third kappa shape index (κ3) is 6.05. The van der Waals surface area contributed by atoms with Gasteiger partial charge in [-0.05, 0) is 138 Å². The van der Waals surface area contributed by atoms with Gasteiger partial charge in [-0.25, -0.2) is 0 Å². The van der Waals surface area contributed by atoms with Crippen molar-refractivity contribution in [3.05, 3.63) is 199 Å². The molecule has 9 aromatic carbocycles. The van der Waals surface area contributed by atoms with Crippen LogP contribution in [0.3, 0.4) is 0 Å². The summed E-state index contributed by atoms with van der Waals surface area (Å²) >= 11 is 0. The molecule has 3 heterocycles. The quantitative estimate of drug-likeness (QED) is 0.164. The molecule has 0 radical (unpaired) electrons. The summed E-state index contributed by atoms with van der Waals surface area (Å²) in [4.78, 5) is 5.30. The molecule has 0 spiro atoms. The summed E-state index contributed by atoms with van der Waals surface area (Å²) in [5.74, 6) is 0. The molecule has 0 unspecified atom stereocenters. The molecule has 0 bridgehead atoms. The lowest BCUT2D eigenvalue weighted by Gasteiger charge is -2.48. The zero-order valence-electron chi connectivity index (χ0n) is 40.1. The minimum Gasteiger partial charge on any atom is -0.454 e. The van der Waals surface area contributed by atoms with Crippen LogP contribution in [0.5, 0.6) is 0 Å². The van der Waals surface area contributed by atoms with Crippen LogP contribution < -0.4 is 20.6 Å². The van der Waals surface area contributed by atoms with Crippen molar-refractivity contribution in [2.24, 2.45) is 0 Å². The van der Waals surface area contributed by atoms with E-state index in [1.165, 1.54) is 83.1 Å². The Bertz CT molecular complexity index is 3670.